The highest BCUT2D eigenvalue weighted by Gasteiger charge is 2.31. The Balaban J connectivity index is 2.17. The zero-order chi connectivity index (χ0) is 10.2. The predicted molar refractivity (Wildman–Crippen MR) is 44.6 cm³/mol. The summed E-state index contributed by atoms with van der Waals surface area (Å²) in [6.45, 7) is 0.910. The van der Waals surface area contributed by atoms with Gasteiger partial charge in [0.05, 0.1) is 17.3 Å². The van der Waals surface area contributed by atoms with E-state index in [0.717, 1.165) is 25.2 Å². The zero-order valence-corrected chi connectivity index (χ0v) is 7.30. The third-order valence-electron chi connectivity index (χ3n) is 2.29. The molecule has 1 saturated heterocycles. The lowest BCUT2D eigenvalue weighted by molar-refractivity contribution is -0.137. The van der Waals surface area contributed by atoms with Crippen molar-refractivity contribution in [1.82, 2.24) is 10.3 Å². The Bertz CT molecular complexity index is 314. The lowest BCUT2D eigenvalue weighted by Crippen LogP contribution is -2.35. The van der Waals surface area contributed by atoms with Crippen LogP contribution >= 0.6 is 0 Å². The molecule has 76 valence electrons. The fourth-order valence-electron chi connectivity index (χ4n) is 1.32. The second-order valence-electron chi connectivity index (χ2n) is 3.26. The van der Waals surface area contributed by atoms with E-state index < -0.39 is 11.7 Å². The van der Waals surface area contributed by atoms with Gasteiger partial charge in [-0.1, -0.05) is 0 Å². The third kappa shape index (κ3) is 1.72. The van der Waals surface area contributed by atoms with Crippen LogP contribution in [0.2, 0.25) is 0 Å². The van der Waals surface area contributed by atoms with Crippen molar-refractivity contribution in [3.05, 3.63) is 29.6 Å². The number of hydrogen-bond acceptors (Lipinski definition) is 2. The van der Waals surface area contributed by atoms with Crippen molar-refractivity contribution in [3.63, 3.8) is 0 Å². The first-order valence-electron chi connectivity index (χ1n) is 4.34. The van der Waals surface area contributed by atoms with Crippen molar-refractivity contribution in [2.24, 2.45) is 0 Å². The first-order valence-corrected chi connectivity index (χ1v) is 4.34. The molecule has 14 heavy (non-hydrogen) atoms. The average molecular weight is 202 g/mol. The zero-order valence-electron chi connectivity index (χ0n) is 7.30. The molecule has 1 aromatic heterocycles. The number of alkyl halides is 3. The van der Waals surface area contributed by atoms with Crippen LogP contribution in [0.25, 0.3) is 0 Å². The van der Waals surface area contributed by atoms with Crippen LogP contribution in [0.15, 0.2) is 18.3 Å². The predicted octanol–water partition coefficient (Wildman–Crippen LogP) is 2.13. The Morgan fingerprint density at radius 2 is 2.07 bits per heavy atom. The number of aromatic nitrogens is 1. The van der Waals surface area contributed by atoms with E-state index in [2.05, 4.69) is 10.3 Å². The van der Waals surface area contributed by atoms with Crippen LogP contribution in [0.4, 0.5) is 13.2 Å². The van der Waals surface area contributed by atoms with Crippen molar-refractivity contribution < 1.29 is 13.2 Å². The molecule has 1 aliphatic rings. The van der Waals surface area contributed by atoms with Crippen LogP contribution in [0, 0.1) is 0 Å². The molecule has 1 aliphatic heterocycles. The molecular weight excluding hydrogens is 193 g/mol. The van der Waals surface area contributed by atoms with Gasteiger partial charge in [-0.25, -0.2) is 0 Å². The molecule has 1 N–H and O–H groups in total. The van der Waals surface area contributed by atoms with Gasteiger partial charge in [0.1, 0.15) is 0 Å². The summed E-state index contributed by atoms with van der Waals surface area (Å²) < 4.78 is 36.5. The van der Waals surface area contributed by atoms with E-state index in [1.807, 2.05) is 0 Å². The average Bonchev–Trinajstić information content (AvgIpc) is 2.00. The van der Waals surface area contributed by atoms with E-state index in [0.29, 0.717) is 5.69 Å². The van der Waals surface area contributed by atoms with Gasteiger partial charge < -0.3 is 5.32 Å². The third-order valence-corrected chi connectivity index (χ3v) is 2.29. The first-order chi connectivity index (χ1) is 6.57. The van der Waals surface area contributed by atoms with Gasteiger partial charge >= 0.3 is 6.18 Å². The maximum atomic E-state index is 12.2. The standard InChI is InChI=1S/C9H9F3N2/c10-9(11,12)6-1-2-7(14-5-6)8-3-4-13-8/h1-2,5,8,13H,3-4H2/t8-/m0/s1. The first kappa shape index (κ1) is 9.45. The molecule has 1 aromatic rings. The molecule has 0 aliphatic carbocycles. The normalized spacial score (nSPS) is 21.8. The van der Waals surface area contributed by atoms with Crippen LogP contribution < -0.4 is 5.32 Å². The molecule has 0 bridgehead atoms. The maximum Gasteiger partial charge on any atom is 0.417 e. The molecule has 0 aromatic carbocycles. The summed E-state index contributed by atoms with van der Waals surface area (Å²) in [6.07, 6.45) is -2.47. The second kappa shape index (κ2) is 3.24. The molecule has 0 radical (unpaired) electrons. The molecule has 0 unspecified atom stereocenters. The Morgan fingerprint density at radius 1 is 1.36 bits per heavy atom. The quantitative estimate of drug-likeness (QED) is 0.754. The Labute approximate surface area is 79.2 Å². The van der Waals surface area contributed by atoms with Gasteiger partial charge in [-0.2, -0.15) is 13.2 Å². The van der Waals surface area contributed by atoms with Crippen LogP contribution in [0.3, 0.4) is 0 Å². The summed E-state index contributed by atoms with van der Waals surface area (Å²) in [4.78, 5) is 3.78. The van der Waals surface area contributed by atoms with Crippen molar-refractivity contribution in [1.29, 1.82) is 0 Å². The summed E-state index contributed by atoms with van der Waals surface area (Å²) in [5.74, 6) is 0. The van der Waals surface area contributed by atoms with Gasteiger partial charge in [0, 0.05) is 6.20 Å². The molecule has 2 nitrogen and oxygen atoms in total. The van der Waals surface area contributed by atoms with Crippen molar-refractivity contribution >= 4 is 0 Å². The van der Waals surface area contributed by atoms with Crippen molar-refractivity contribution in [2.75, 3.05) is 6.54 Å². The molecule has 5 heteroatoms. The highest BCUT2D eigenvalue weighted by Crippen LogP contribution is 2.29. The highest BCUT2D eigenvalue weighted by atomic mass is 19.4. The molecule has 1 fully saturated rings. The van der Waals surface area contributed by atoms with Gasteiger partial charge in [0.15, 0.2) is 0 Å². The summed E-state index contributed by atoms with van der Waals surface area (Å²) in [7, 11) is 0. The topological polar surface area (TPSA) is 24.9 Å². The van der Waals surface area contributed by atoms with Crippen LogP contribution in [0.1, 0.15) is 23.7 Å². The molecule has 0 spiro atoms. The molecule has 0 saturated carbocycles. The smallest absolute Gasteiger partial charge is 0.309 e. The second-order valence-corrected chi connectivity index (χ2v) is 3.26. The maximum absolute atomic E-state index is 12.2. The Kier molecular flexibility index (Phi) is 2.19. The molecule has 1 atom stereocenters. The molecule has 0 amide bonds. The summed E-state index contributed by atoms with van der Waals surface area (Å²) >= 11 is 0. The van der Waals surface area contributed by atoms with Gasteiger partial charge in [0.25, 0.3) is 0 Å². The van der Waals surface area contributed by atoms with Crippen molar-refractivity contribution in [3.8, 4) is 0 Å². The highest BCUT2D eigenvalue weighted by molar-refractivity contribution is 5.19. The lowest BCUT2D eigenvalue weighted by Gasteiger charge is -2.27. The Hall–Kier alpha value is -1.10. The summed E-state index contributed by atoms with van der Waals surface area (Å²) in [5, 5.41) is 3.08. The number of hydrogen-bond donors (Lipinski definition) is 1. The van der Waals surface area contributed by atoms with E-state index >= 15 is 0 Å². The molecule has 2 rings (SSSR count). The Morgan fingerprint density at radius 3 is 2.43 bits per heavy atom. The van der Waals surface area contributed by atoms with E-state index in [9.17, 15) is 13.2 Å². The van der Waals surface area contributed by atoms with Gasteiger partial charge in [-0.3, -0.25) is 4.98 Å². The lowest BCUT2D eigenvalue weighted by atomic mass is 10.0. The number of halogens is 3. The van der Waals surface area contributed by atoms with Crippen LogP contribution in [-0.4, -0.2) is 11.5 Å². The van der Waals surface area contributed by atoms with E-state index in [1.165, 1.54) is 6.07 Å². The van der Waals surface area contributed by atoms with Crippen molar-refractivity contribution in [2.45, 2.75) is 18.6 Å². The van der Waals surface area contributed by atoms with Gasteiger partial charge in [-0.15, -0.1) is 0 Å². The molecule has 2 heterocycles. The molecular formula is C9H9F3N2. The largest absolute Gasteiger partial charge is 0.417 e. The SMILES string of the molecule is FC(F)(F)c1ccc([C@@H]2CCN2)nc1. The van der Waals surface area contributed by atoms with E-state index in [1.54, 1.807) is 0 Å². The minimum absolute atomic E-state index is 0.136. The fourth-order valence-corrected chi connectivity index (χ4v) is 1.32. The minimum atomic E-state index is -4.29. The number of pyridine rings is 1. The van der Waals surface area contributed by atoms with E-state index in [4.69, 9.17) is 0 Å². The number of rotatable bonds is 1. The minimum Gasteiger partial charge on any atom is -0.309 e. The van der Waals surface area contributed by atoms with Crippen LogP contribution in [0.5, 0.6) is 0 Å². The number of nitrogens with zero attached hydrogens (tertiary/aromatic N) is 1. The van der Waals surface area contributed by atoms with Crippen LogP contribution in [-0.2, 0) is 6.18 Å². The summed E-state index contributed by atoms with van der Waals surface area (Å²) in [6, 6.07) is 2.64. The summed E-state index contributed by atoms with van der Waals surface area (Å²) in [5.41, 5.74) is -0.00942. The van der Waals surface area contributed by atoms with Gasteiger partial charge in [-0.05, 0) is 25.1 Å². The van der Waals surface area contributed by atoms with E-state index in [-0.39, 0.29) is 6.04 Å². The monoisotopic (exact) mass is 202 g/mol. The van der Waals surface area contributed by atoms with Gasteiger partial charge in [0.2, 0.25) is 0 Å². The fraction of sp³-hybridized carbons (Fsp3) is 0.444. The number of nitrogens with one attached hydrogen (secondary N) is 1.